The van der Waals surface area contributed by atoms with Gasteiger partial charge in [0.25, 0.3) is 0 Å². The number of piperidine rings is 1. The maximum Gasteiger partial charge on any atom is 0.193 e. The van der Waals surface area contributed by atoms with Crippen molar-refractivity contribution in [3.63, 3.8) is 0 Å². The predicted octanol–water partition coefficient (Wildman–Crippen LogP) is 2.82. The zero-order chi connectivity index (χ0) is 18.8. The van der Waals surface area contributed by atoms with E-state index in [0.717, 1.165) is 64.0 Å². The molecule has 2 aliphatic heterocycles. The number of halogens is 1. The van der Waals surface area contributed by atoms with Crippen LogP contribution in [-0.4, -0.2) is 88.0 Å². The molecular formula is C20H41IN4O2. The van der Waals surface area contributed by atoms with Gasteiger partial charge in [-0.2, -0.15) is 0 Å². The van der Waals surface area contributed by atoms with Crippen molar-refractivity contribution in [1.82, 2.24) is 15.1 Å². The Bertz CT molecular complexity index is 415. The largest absolute Gasteiger partial charge is 0.385 e. The summed E-state index contributed by atoms with van der Waals surface area (Å²) in [5, 5.41) is 3.64. The molecule has 1 N–H and O–H groups in total. The van der Waals surface area contributed by atoms with Crippen LogP contribution in [0.5, 0.6) is 0 Å². The van der Waals surface area contributed by atoms with E-state index in [-0.39, 0.29) is 24.0 Å². The maximum absolute atomic E-state index is 5.97. The summed E-state index contributed by atoms with van der Waals surface area (Å²) >= 11 is 0. The first-order chi connectivity index (χ1) is 12.6. The summed E-state index contributed by atoms with van der Waals surface area (Å²) in [5.74, 6) is 1.79. The van der Waals surface area contributed by atoms with Gasteiger partial charge in [-0.15, -0.1) is 24.0 Å². The molecule has 0 saturated carbocycles. The summed E-state index contributed by atoms with van der Waals surface area (Å²) in [5.41, 5.74) is 0. The molecule has 0 amide bonds. The quantitative estimate of drug-likeness (QED) is 0.230. The summed E-state index contributed by atoms with van der Waals surface area (Å²) in [7, 11) is 3.64. The van der Waals surface area contributed by atoms with E-state index in [4.69, 9.17) is 9.47 Å². The molecule has 2 fully saturated rings. The Morgan fingerprint density at radius 1 is 1.15 bits per heavy atom. The minimum Gasteiger partial charge on any atom is -0.385 e. The van der Waals surface area contributed by atoms with Gasteiger partial charge in [0, 0.05) is 59.6 Å². The fraction of sp³-hybridized carbons (Fsp3) is 0.950. The minimum atomic E-state index is 0. The molecule has 0 bridgehead atoms. The van der Waals surface area contributed by atoms with Gasteiger partial charge in [0.1, 0.15) is 0 Å². The number of aliphatic imine (C=N–C) groups is 1. The van der Waals surface area contributed by atoms with E-state index in [9.17, 15) is 0 Å². The van der Waals surface area contributed by atoms with Crippen molar-refractivity contribution in [3.8, 4) is 0 Å². The van der Waals surface area contributed by atoms with Crippen LogP contribution in [0.3, 0.4) is 0 Å². The maximum atomic E-state index is 5.97. The fourth-order valence-corrected chi connectivity index (χ4v) is 4.06. The molecule has 7 heteroatoms. The fourth-order valence-electron chi connectivity index (χ4n) is 4.06. The third-order valence-corrected chi connectivity index (χ3v) is 5.39. The van der Waals surface area contributed by atoms with E-state index in [2.05, 4.69) is 34.0 Å². The third-order valence-electron chi connectivity index (χ3n) is 5.39. The van der Waals surface area contributed by atoms with Crippen molar-refractivity contribution in [2.75, 3.05) is 60.1 Å². The normalized spacial score (nSPS) is 22.3. The molecule has 0 spiro atoms. The first-order valence-corrected chi connectivity index (χ1v) is 10.4. The smallest absolute Gasteiger partial charge is 0.193 e. The molecule has 0 aromatic carbocycles. The molecular weight excluding hydrogens is 455 g/mol. The van der Waals surface area contributed by atoms with Gasteiger partial charge in [0.05, 0.1) is 6.10 Å². The van der Waals surface area contributed by atoms with Crippen LogP contribution in [0.25, 0.3) is 0 Å². The van der Waals surface area contributed by atoms with Crippen molar-refractivity contribution < 1.29 is 9.47 Å². The molecule has 2 heterocycles. The van der Waals surface area contributed by atoms with Crippen LogP contribution < -0.4 is 5.32 Å². The Morgan fingerprint density at radius 2 is 1.89 bits per heavy atom. The highest BCUT2D eigenvalue weighted by Crippen LogP contribution is 2.18. The van der Waals surface area contributed by atoms with E-state index < -0.39 is 0 Å². The third kappa shape index (κ3) is 8.83. The molecule has 27 heavy (non-hydrogen) atoms. The Kier molecular flexibility index (Phi) is 12.9. The SMILES string of the molecule is CN=C(NC[C@H]1CCCN1CC(C)C)N1CCC(OCCCOC)CC1.I. The molecule has 6 nitrogen and oxygen atoms in total. The molecule has 0 aliphatic carbocycles. The Labute approximate surface area is 183 Å². The van der Waals surface area contributed by atoms with Gasteiger partial charge >= 0.3 is 0 Å². The summed E-state index contributed by atoms with van der Waals surface area (Å²) in [4.78, 5) is 9.56. The molecule has 2 rings (SSSR count). The topological polar surface area (TPSA) is 49.3 Å². The molecule has 0 aromatic rings. The van der Waals surface area contributed by atoms with Crippen molar-refractivity contribution in [1.29, 1.82) is 0 Å². The van der Waals surface area contributed by atoms with Gasteiger partial charge in [-0.05, 0) is 44.6 Å². The first kappa shape index (κ1) is 24.9. The number of hydrogen-bond donors (Lipinski definition) is 1. The van der Waals surface area contributed by atoms with Gasteiger partial charge in [-0.3, -0.25) is 9.89 Å². The molecule has 0 radical (unpaired) electrons. The minimum absolute atomic E-state index is 0. The molecule has 0 aromatic heterocycles. The summed E-state index contributed by atoms with van der Waals surface area (Å²) in [6, 6.07) is 0.649. The Morgan fingerprint density at radius 3 is 2.52 bits per heavy atom. The summed E-state index contributed by atoms with van der Waals surface area (Å²) < 4.78 is 11.0. The zero-order valence-electron chi connectivity index (χ0n) is 17.8. The average Bonchev–Trinajstić information content (AvgIpc) is 3.07. The van der Waals surface area contributed by atoms with E-state index in [1.807, 2.05) is 7.05 Å². The highest BCUT2D eigenvalue weighted by Gasteiger charge is 2.26. The number of rotatable bonds is 9. The van der Waals surface area contributed by atoms with Crippen molar-refractivity contribution in [2.45, 2.75) is 58.1 Å². The highest BCUT2D eigenvalue weighted by atomic mass is 127. The van der Waals surface area contributed by atoms with E-state index in [1.54, 1.807) is 7.11 Å². The van der Waals surface area contributed by atoms with Gasteiger partial charge in [0.15, 0.2) is 5.96 Å². The van der Waals surface area contributed by atoms with Crippen molar-refractivity contribution >= 4 is 29.9 Å². The predicted molar refractivity (Wildman–Crippen MR) is 123 cm³/mol. The average molecular weight is 496 g/mol. The Hall–Kier alpha value is -0.120. The lowest BCUT2D eigenvalue weighted by molar-refractivity contribution is 0.00987. The van der Waals surface area contributed by atoms with Crippen LogP contribution in [0.4, 0.5) is 0 Å². The lowest BCUT2D eigenvalue weighted by Crippen LogP contribution is -2.50. The number of hydrogen-bond acceptors (Lipinski definition) is 4. The number of likely N-dealkylation sites (tertiary alicyclic amines) is 2. The lowest BCUT2D eigenvalue weighted by Gasteiger charge is -2.35. The monoisotopic (exact) mass is 496 g/mol. The van der Waals surface area contributed by atoms with E-state index in [1.165, 1.54) is 25.9 Å². The van der Waals surface area contributed by atoms with Crippen LogP contribution >= 0.6 is 24.0 Å². The second kappa shape index (κ2) is 14.0. The van der Waals surface area contributed by atoms with Crippen LogP contribution in [0, 0.1) is 5.92 Å². The van der Waals surface area contributed by atoms with Crippen LogP contribution in [-0.2, 0) is 9.47 Å². The van der Waals surface area contributed by atoms with Gasteiger partial charge < -0.3 is 19.7 Å². The highest BCUT2D eigenvalue weighted by molar-refractivity contribution is 14.0. The second-order valence-corrected chi connectivity index (χ2v) is 8.02. The number of guanidine groups is 1. The summed E-state index contributed by atoms with van der Waals surface area (Å²) in [6.45, 7) is 11.7. The van der Waals surface area contributed by atoms with Gasteiger partial charge in [-0.1, -0.05) is 13.8 Å². The van der Waals surface area contributed by atoms with Gasteiger partial charge in [-0.25, -0.2) is 0 Å². The molecule has 160 valence electrons. The number of ether oxygens (including phenoxy) is 2. The van der Waals surface area contributed by atoms with E-state index in [0.29, 0.717) is 12.1 Å². The van der Waals surface area contributed by atoms with Crippen molar-refractivity contribution in [2.24, 2.45) is 10.9 Å². The first-order valence-electron chi connectivity index (χ1n) is 10.4. The molecule has 0 unspecified atom stereocenters. The second-order valence-electron chi connectivity index (χ2n) is 8.02. The van der Waals surface area contributed by atoms with Crippen LogP contribution in [0.15, 0.2) is 4.99 Å². The number of nitrogens with one attached hydrogen (secondary N) is 1. The van der Waals surface area contributed by atoms with Crippen molar-refractivity contribution in [3.05, 3.63) is 0 Å². The zero-order valence-corrected chi connectivity index (χ0v) is 20.1. The Balaban J connectivity index is 0.00000364. The van der Waals surface area contributed by atoms with Crippen LogP contribution in [0.2, 0.25) is 0 Å². The number of methoxy groups -OCH3 is 1. The molecule has 1 atom stereocenters. The van der Waals surface area contributed by atoms with Crippen LogP contribution in [0.1, 0.15) is 46.0 Å². The molecule has 2 aliphatic rings. The number of nitrogens with zero attached hydrogens (tertiary/aromatic N) is 3. The molecule has 2 saturated heterocycles. The van der Waals surface area contributed by atoms with Gasteiger partial charge in [0.2, 0.25) is 0 Å². The standard InChI is InChI=1S/C20H40N4O2.HI/c1-17(2)16-24-10-5-7-18(24)15-22-20(21-3)23-11-8-19(9-12-23)26-14-6-13-25-4;/h17-19H,5-16H2,1-4H3,(H,21,22);1H/t18-;/m1./s1. The van der Waals surface area contributed by atoms with E-state index >= 15 is 0 Å². The lowest BCUT2D eigenvalue weighted by atomic mass is 10.1. The summed E-state index contributed by atoms with van der Waals surface area (Å²) in [6.07, 6.45) is 6.15.